The molecule has 0 aliphatic carbocycles. The van der Waals surface area contributed by atoms with E-state index >= 15 is 0 Å². The van der Waals surface area contributed by atoms with Crippen molar-refractivity contribution in [3.05, 3.63) is 0 Å². The first-order valence-electron chi connectivity index (χ1n) is 3.24. The molecule has 0 aliphatic heterocycles. The molecule has 0 bridgehead atoms. The predicted octanol–water partition coefficient (Wildman–Crippen LogP) is 0.925. The van der Waals surface area contributed by atoms with Crippen molar-refractivity contribution >= 4 is 11.9 Å². The van der Waals surface area contributed by atoms with E-state index in [9.17, 15) is 9.59 Å². The molecule has 0 aromatic carbocycles. The molecule has 13 heavy (non-hydrogen) atoms. The molecule has 0 saturated heterocycles. The lowest BCUT2D eigenvalue weighted by molar-refractivity contribution is -0.140. The molecule has 0 saturated carbocycles. The van der Waals surface area contributed by atoms with E-state index in [1.165, 1.54) is 0 Å². The third-order valence-electron chi connectivity index (χ3n) is 1.22. The third-order valence-corrected chi connectivity index (χ3v) is 1.22. The van der Waals surface area contributed by atoms with E-state index in [1.807, 2.05) is 0 Å². The van der Waals surface area contributed by atoms with Crippen LogP contribution in [-0.4, -0.2) is 28.2 Å². The van der Waals surface area contributed by atoms with Crippen molar-refractivity contribution in [2.75, 3.05) is 0 Å². The third kappa shape index (κ3) is 10.9. The van der Waals surface area contributed by atoms with Crippen LogP contribution in [0.4, 0.5) is 0 Å². The second kappa shape index (κ2) is 8.99. The second-order valence-electron chi connectivity index (χ2n) is 2.23. The molecule has 0 spiro atoms. The minimum atomic E-state index is -1.09. The number of nitrogens with two attached hydrogens (primary N) is 1. The van der Waals surface area contributed by atoms with E-state index < -0.39 is 18.0 Å². The van der Waals surface area contributed by atoms with Crippen molar-refractivity contribution in [2.45, 2.75) is 40.2 Å². The van der Waals surface area contributed by atoms with Crippen molar-refractivity contribution in [1.82, 2.24) is 0 Å². The highest BCUT2D eigenvalue weighted by atomic mass is 16.4. The standard InChI is InChI=1S/C6H11NO4.2CH4/c7-4(6(10)11)2-1-3-5(8)9;;/h4H,1-3,7H2,(H,8,9)(H,10,11);2*1H4/t4-;;/m0../s1. The SMILES string of the molecule is C.C.N[C@@H](CCCC(=O)O)C(=O)O. The Morgan fingerprint density at radius 1 is 1.23 bits per heavy atom. The lowest BCUT2D eigenvalue weighted by Gasteiger charge is -2.02. The van der Waals surface area contributed by atoms with E-state index in [4.69, 9.17) is 15.9 Å². The summed E-state index contributed by atoms with van der Waals surface area (Å²) in [4.78, 5) is 20.1. The Bertz CT molecular complexity index is 158. The predicted molar refractivity (Wildman–Crippen MR) is 50.6 cm³/mol. The van der Waals surface area contributed by atoms with Gasteiger partial charge in [0.05, 0.1) is 0 Å². The van der Waals surface area contributed by atoms with Crippen LogP contribution in [0.3, 0.4) is 0 Å². The monoisotopic (exact) mass is 193 g/mol. The molecule has 0 unspecified atom stereocenters. The Labute approximate surface area is 78.6 Å². The minimum Gasteiger partial charge on any atom is -0.481 e. The van der Waals surface area contributed by atoms with Gasteiger partial charge in [-0.05, 0) is 12.8 Å². The molecule has 0 fully saturated rings. The quantitative estimate of drug-likeness (QED) is 0.602. The number of hydrogen-bond donors (Lipinski definition) is 3. The number of rotatable bonds is 5. The van der Waals surface area contributed by atoms with Crippen LogP contribution in [0, 0.1) is 0 Å². The summed E-state index contributed by atoms with van der Waals surface area (Å²) in [5.74, 6) is -2.02. The number of aliphatic carboxylic acids is 2. The van der Waals surface area contributed by atoms with Crippen LogP contribution in [0.15, 0.2) is 0 Å². The first-order chi connectivity index (χ1) is 5.04. The van der Waals surface area contributed by atoms with Gasteiger partial charge >= 0.3 is 11.9 Å². The zero-order valence-corrected chi connectivity index (χ0v) is 5.99. The van der Waals surface area contributed by atoms with Crippen LogP contribution in [0.5, 0.6) is 0 Å². The Hall–Kier alpha value is -1.10. The van der Waals surface area contributed by atoms with Crippen molar-refractivity contribution in [3.8, 4) is 0 Å². The van der Waals surface area contributed by atoms with Gasteiger partial charge in [-0.25, -0.2) is 0 Å². The summed E-state index contributed by atoms with van der Waals surface area (Å²) in [6.07, 6.45) is 0.491. The van der Waals surface area contributed by atoms with Gasteiger partial charge in [-0.15, -0.1) is 0 Å². The molecule has 0 rings (SSSR count). The van der Waals surface area contributed by atoms with Crippen LogP contribution >= 0.6 is 0 Å². The molecule has 1 atom stereocenters. The highest BCUT2D eigenvalue weighted by molar-refractivity contribution is 5.73. The summed E-state index contributed by atoms with van der Waals surface area (Å²) in [5.41, 5.74) is 5.11. The van der Waals surface area contributed by atoms with E-state index in [1.54, 1.807) is 0 Å². The van der Waals surface area contributed by atoms with Crippen LogP contribution in [0.2, 0.25) is 0 Å². The summed E-state index contributed by atoms with van der Waals surface area (Å²) in [6.45, 7) is 0. The lowest BCUT2D eigenvalue weighted by atomic mass is 10.1. The first kappa shape index (κ1) is 17.8. The zero-order chi connectivity index (χ0) is 8.85. The van der Waals surface area contributed by atoms with Crippen molar-refractivity contribution in [3.63, 3.8) is 0 Å². The van der Waals surface area contributed by atoms with Crippen molar-refractivity contribution in [1.29, 1.82) is 0 Å². The minimum absolute atomic E-state index is 0. The molecule has 4 N–H and O–H groups in total. The fraction of sp³-hybridized carbons (Fsp3) is 0.750. The summed E-state index contributed by atoms with van der Waals surface area (Å²) in [7, 11) is 0. The van der Waals surface area contributed by atoms with E-state index in [0.717, 1.165) is 0 Å². The van der Waals surface area contributed by atoms with Gasteiger partial charge in [0.1, 0.15) is 6.04 Å². The van der Waals surface area contributed by atoms with Gasteiger partial charge in [0.25, 0.3) is 0 Å². The van der Waals surface area contributed by atoms with Crippen LogP contribution in [0.25, 0.3) is 0 Å². The van der Waals surface area contributed by atoms with Crippen molar-refractivity contribution in [2.24, 2.45) is 5.73 Å². The number of carboxylic acids is 2. The van der Waals surface area contributed by atoms with E-state index in [-0.39, 0.29) is 27.7 Å². The fourth-order valence-corrected chi connectivity index (χ4v) is 0.597. The maximum absolute atomic E-state index is 10.1. The van der Waals surface area contributed by atoms with Crippen LogP contribution in [0.1, 0.15) is 34.1 Å². The van der Waals surface area contributed by atoms with E-state index in [0.29, 0.717) is 6.42 Å². The normalized spacial score (nSPS) is 10.5. The molecular weight excluding hydrogens is 174 g/mol. The Kier molecular flexibility index (Phi) is 12.3. The van der Waals surface area contributed by atoms with Crippen LogP contribution in [-0.2, 0) is 9.59 Å². The maximum atomic E-state index is 10.1. The Morgan fingerprint density at radius 2 is 1.69 bits per heavy atom. The molecule has 80 valence electrons. The van der Waals surface area contributed by atoms with Crippen molar-refractivity contribution < 1.29 is 19.8 Å². The fourth-order valence-electron chi connectivity index (χ4n) is 0.597. The molecular formula is C8H19NO4. The van der Waals surface area contributed by atoms with Gasteiger partial charge < -0.3 is 15.9 Å². The summed E-state index contributed by atoms with van der Waals surface area (Å²) < 4.78 is 0. The van der Waals surface area contributed by atoms with E-state index in [2.05, 4.69) is 0 Å². The zero-order valence-electron chi connectivity index (χ0n) is 5.99. The molecule has 0 aromatic heterocycles. The first-order valence-corrected chi connectivity index (χ1v) is 3.24. The smallest absolute Gasteiger partial charge is 0.320 e. The average Bonchev–Trinajstić information content (AvgIpc) is 1.86. The number of carboxylic acid groups (broad SMARTS) is 2. The molecule has 5 heteroatoms. The molecule has 0 aliphatic rings. The second-order valence-corrected chi connectivity index (χ2v) is 2.23. The van der Waals surface area contributed by atoms with Gasteiger partial charge in [0, 0.05) is 6.42 Å². The number of carbonyl (C=O) groups is 2. The van der Waals surface area contributed by atoms with Gasteiger partial charge in [0.15, 0.2) is 0 Å². The molecule has 5 nitrogen and oxygen atoms in total. The van der Waals surface area contributed by atoms with Gasteiger partial charge in [-0.2, -0.15) is 0 Å². The van der Waals surface area contributed by atoms with Gasteiger partial charge in [-0.3, -0.25) is 9.59 Å². The van der Waals surface area contributed by atoms with Gasteiger partial charge in [0.2, 0.25) is 0 Å². The lowest BCUT2D eigenvalue weighted by Crippen LogP contribution is -2.29. The number of hydrogen-bond acceptors (Lipinski definition) is 3. The highest BCUT2D eigenvalue weighted by Gasteiger charge is 2.10. The Balaban J connectivity index is -0.000000500. The molecule has 0 aromatic rings. The Morgan fingerprint density at radius 3 is 2.00 bits per heavy atom. The average molecular weight is 193 g/mol. The summed E-state index contributed by atoms with van der Waals surface area (Å²) >= 11 is 0. The largest absolute Gasteiger partial charge is 0.481 e. The summed E-state index contributed by atoms with van der Waals surface area (Å²) in [5, 5.41) is 16.5. The van der Waals surface area contributed by atoms with Gasteiger partial charge in [-0.1, -0.05) is 14.9 Å². The topological polar surface area (TPSA) is 101 Å². The summed E-state index contributed by atoms with van der Waals surface area (Å²) in [6, 6.07) is -0.936. The molecule has 0 amide bonds. The molecule has 0 radical (unpaired) electrons. The molecule has 0 heterocycles. The highest BCUT2D eigenvalue weighted by Crippen LogP contribution is 1.98. The van der Waals surface area contributed by atoms with Crippen LogP contribution < -0.4 is 5.73 Å². The maximum Gasteiger partial charge on any atom is 0.320 e.